The molecule has 3 aromatic rings. The van der Waals surface area contributed by atoms with Crippen LogP contribution in [0.1, 0.15) is 29.0 Å². The zero-order valence-corrected chi connectivity index (χ0v) is 18.1. The monoisotopic (exact) mass is 437 g/mol. The fraction of sp³-hybridized carbons (Fsp3) is 0.273. The summed E-state index contributed by atoms with van der Waals surface area (Å²) in [5.74, 6) is 1.34. The second-order valence-electron chi connectivity index (χ2n) is 7.23. The minimum absolute atomic E-state index is 0.115. The lowest BCUT2D eigenvalue weighted by molar-refractivity contribution is -0.113. The Bertz CT molecular complexity index is 1090. The molecule has 160 valence electrons. The molecule has 1 saturated carbocycles. The first-order valence-corrected chi connectivity index (χ1v) is 10.9. The molecular formula is C22H23N5O3S. The van der Waals surface area contributed by atoms with Crippen LogP contribution in [0.3, 0.4) is 0 Å². The average Bonchev–Trinajstić information content (AvgIpc) is 3.52. The van der Waals surface area contributed by atoms with Crippen LogP contribution in [0, 0.1) is 6.92 Å². The van der Waals surface area contributed by atoms with Gasteiger partial charge in [-0.25, -0.2) is 0 Å². The zero-order valence-electron chi connectivity index (χ0n) is 17.3. The largest absolute Gasteiger partial charge is 0.497 e. The second-order valence-corrected chi connectivity index (χ2v) is 8.17. The number of methoxy groups -OCH3 is 1. The van der Waals surface area contributed by atoms with Gasteiger partial charge in [-0.15, -0.1) is 10.2 Å². The van der Waals surface area contributed by atoms with Gasteiger partial charge in [-0.1, -0.05) is 17.8 Å². The standard InChI is InChI=1S/C22H23N5O3S/c1-14-25-26-22(27(14)18-8-10-19(30-2)11-9-18)31-13-20(28)23-17-5-3-4-15(12-17)21(29)24-16-6-7-16/h3-5,8-12,16H,6-7,13H2,1-2H3,(H,23,28)(H,24,29). The maximum Gasteiger partial charge on any atom is 0.251 e. The fourth-order valence-corrected chi connectivity index (χ4v) is 3.82. The molecule has 31 heavy (non-hydrogen) atoms. The minimum Gasteiger partial charge on any atom is -0.497 e. The van der Waals surface area contributed by atoms with Crippen molar-refractivity contribution in [3.05, 3.63) is 59.9 Å². The number of nitrogens with one attached hydrogen (secondary N) is 2. The fourth-order valence-electron chi connectivity index (χ4n) is 3.03. The Labute approximate surface area is 184 Å². The molecule has 2 aromatic carbocycles. The highest BCUT2D eigenvalue weighted by Crippen LogP contribution is 2.24. The van der Waals surface area contributed by atoms with Crippen LogP contribution in [0.4, 0.5) is 5.69 Å². The predicted molar refractivity (Wildman–Crippen MR) is 119 cm³/mol. The number of ether oxygens (including phenoxy) is 1. The average molecular weight is 438 g/mol. The summed E-state index contributed by atoms with van der Waals surface area (Å²) in [5, 5.41) is 14.7. The molecule has 0 saturated heterocycles. The molecule has 0 unspecified atom stereocenters. The van der Waals surface area contributed by atoms with Gasteiger partial charge in [0.05, 0.1) is 12.9 Å². The lowest BCUT2D eigenvalue weighted by Gasteiger charge is -2.10. The van der Waals surface area contributed by atoms with Crippen LogP contribution >= 0.6 is 11.8 Å². The minimum atomic E-state index is -0.188. The number of rotatable bonds is 8. The summed E-state index contributed by atoms with van der Waals surface area (Å²) in [6.45, 7) is 1.86. The van der Waals surface area contributed by atoms with Gasteiger partial charge in [-0.3, -0.25) is 14.2 Å². The molecule has 2 N–H and O–H groups in total. The Hall–Kier alpha value is -3.33. The molecule has 2 amide bonds. The topological polar surface area (TPSA) is 98.1 Å². The number of aryl methyl sites for hydroxylation is 1. The maximum absolute atomic E-state index is 12.5. The van der Waals surface area contributed by atoms with Gasteiger partial charge in [0.1, 0.15) is 11.6 Å². The number of benzene rings is 2. The smallest absolute Gasteiger partial charge is 0.251 e. The van der Waals surface area contributed by atoms with Gasteiger partial charge in [-0.05, 0) is 62.2 Å². The summed E-state index contributed by atoms with van der Waals surface area (Å²) in [5.41, 5.74) is 2.01. The normalized spacial score (nSPS) is 13.0. The summed E-state index contributed by atoms with van der Waals surface area (Å²) >= 11 is 1.29. The van der Waals surface area contributed by atoms with E-state index in [2.05, 4.69) is 20.8 Å². The molecule has 0 radical (unpaired) electrons. The lowest BCUT2D eigenvalue weighted by atomic mass is 10.2. The predicted octanol–water partition coefficient (Wildman–Crippen LogP) is 3.21. The van der Waals surface area contributed by atoms with Crippen LogP contribution in [0.2, 0.25) is 0 Å². The van der Waals surface area contributed by atoms with E-state index in [0.29, 0.717) is 16.4 Å². The highest BCUT2D eigenvalue weighted by molar-refractivity contribution is 7.99. The molecule has 0 bridgehead atoms. The maximum atomic E-state index is 12.5. The first-order chi connectivity index (χ1) is 15.0. The summed E-state index contributed by atoms with van der Waals surface area (Å²) in [7, 11) is 1.62. The first-order valence-electron chi connectivity index (χ1n) is 9.93. The van der Waals surface area contributed by atoms with E-state index >= 15 is 0 Å². The molecule has 1 heterocycles. The summed E-state index contributed by atoms with van der Waals surface area (Å²) in [6.07, 6.45) is 2.06. The molecule has 0 atom stereocenters. The third kappa shape index (κ3) is 5.24. The number of aromatic nitrogens is 3. The van der Waals surface area contributed by atoms with Crippen molar-refractivity contribution in [2.45, 2.75) is 31.0 Å². The van der Waals surface area contributed by atoms with Crippen LogP contribution in [-0.4, -0.2) is 45.5 Å². The number of amides is 2. The zero-order chi connectivity index (χ0) is 21.8. The van der Waals surface area contributed by atoms with Gasteiger partial charge < -0.3 is 15.4 Å². The number of carbonyl (C=O) groups is 2. The van der Waals surface area contributed by atoms with Crippen molar-refractivity contribution >= 4 is 29.3 Å². The van der Waals surface area contributed by atoms with Gasteiger partial charge in [-0.2, -0.15) is 0 Å². The Morgan fingerprint density at radius 3 is 2.65 bits per heavy atom. The van der Waals surface area contributed by atoms with Crippen LogP contribution in [0.5, 0.6) is 5.75 Å². The van der Waals surface area contributed by atoms with Crippen LogP contribution in [0.15, 0.2) is 53.7 Å². The summed E-state index contributed by atoms with van der Waals surface area (Å²) < 4.78 is 7.09. The van der Waals surface area contributed by atoms with Gasteiger partial charge in [0.25, 0.3) is 5.91 Å². The Kier molecular flexibility index (Phi) is 6.22. The Morgan fingerprint density at radius 1 is 1.16 bits per heavy atom. The van der Waals surface area contributed by atoms with Crippen molar-refractivity contribution in [2.75, 3.05) is 18.2 Å². The van der Waals surface area contributed by atoms with Crippen LogP contribution in [0.25, 0.3) is 5.69 Å². The molecule has 0 spiro atoms. The number of nitrogens with zero attached hydrogens (tertiary/aromatic N) is 3. The summed E-state index contributed by atoms with van der Waals surface area (Å²) in [6, 6.07) is 14.8. The molecule has 8 nitrogen and oxygen atoms in total. The molecule has 0 aliphatic heterocycles. The van der Waals surface area contributed by atoms with Crippen LogP contribution < -0.4 is 15.4 Å². The van der Waals surface area contributed by atoms with E-state index in [0.717, 1.165) is 30.1 Å². The van der Waals surface area contributed by atoms with Crippen molar-refractivity contribution < 1.29 is 14.3 Å². The number of thioether (sulfide) groups is 1. The molecular weight excluding hydrogens is 414 g/mol. The summed E-state index contributed by atoms with van der Waals surface area (Å²) in [4.78, 5) is 24.7. The number of hydrogen-bond acceptors (Lipinski definition) is 6. The quantitative estimate of drug-likeness (QED) is 0.525. The van der Waals surface area contributed by atoms with Crippen molar-refractivity contribution in [2.24, 2.45) is 0 Å². The van der Waals surface area contributed by atoms with E-state index < -0.39 is 0 Å². The lowest BCUT2D eigenvalue weighted by Crippen LogP contribution is -2.25. The van der Waals surface area contributed by atoms with E-state index in [4.69, 9.17) is 4.74 Å². The van der Waals surface area contributed by atoms with Crippen molar-refractivity contribution in [1.82, 2.24) is 20.1 Å². The van der Waals surface area contributed by atoms with Gasteiger partial charge in [0.15, 0.2) is 5.16 Å². The van der Waals surface area contributed by atoms with Gasteiger partial charge in [0, 0.05) is 23.0 Å². The number of anilines is 1. The van der Waals surface area contributed by atoms with E-state index in [1.807, 2.05) is 35.8 Å². The second kappa shape index (κ2) is 9.22. The van der Waals surface area contributed by atoms with E-state index in [-0.39, 0.29) is 23.6 Å². The van der Waals surface area contributed by atoms with E-state index in [1.165, 1.54) is 11.8 Å². The van der Waals surface area contributed by atoms with Crippen molar-refractivity contribution in [3.8, 4) is 11.4 Å². The molecule has 4 rings (SSSR count). The first kappa shape index (κ1) is 20.9. The van der Waals surface area contributed by atoms with Crippen molar-refractivity contribution in [3.63, 3.8) is 0 Å². The highest BCUT2D eigenvalue weighted by atomic mass is 32.2. The van der Waals surface area contributed by atoms with Crippen LogP contribution in [-0.2, 0) is 4.79 Å². The molecule has 1 aliphatic carbocycles. The molecule has 9 heteroatoms. The van der Waals surface area contributed by atoms with Crippen molar-refractivity contribution in [1.29, 1.82) is 0 Å². The molecule has 1 aromatic heterocycles. The van der Waals surface area contributed by atoms with Gasteiger partial charge in [0.2, 0.25) is 5.91 Å². The Morgan fingerprint density at radius 2 is 1.94 bits per heavy atom. The van der Waals surface area contributed by atoms with E-state index in [9.17, 15) is 9.59 Å². The third-order valence-electron chi connectivity index (χ3n) is 4.78. The molecule has 1 fully saturated rings. The number of carbonyl (C=O) groups excluding carboxylic acids is 2. The number of hydrogen-bond donors (Lipinski definition) is 2. The third-order valence-corrected chi connectivity index (χ3v) is 5.71. The van der Waals surface area contributed by atoms with E-state index in [1.54, 1.807) is 31.4 Å². The Balaban J connectivity index is 1.39. The van der Waals surface area contributed by atoms with Gasteiger partial charge >= 0.3 is 0 Å². The molecule has 1 aliphatic rings. The SMILES string of the molecule is COc1ccc(-n2c(C)nnc2SCC(=O)Nc2cccc(C(=O)NC3CC3)c2)cc1. The highest BCUT2D eigenvalue weighted by Gasteiger charge is 2.23.